The Bertz CT molecular complexity index is 416. The van der Waals surface area contributed by atoms with E-state index in [1.54, 1.807) is 18.2 Å². The Morgan fingerprint density at radius 3 is 2.54 bits per heavy atom. The van der Waals surface area contributed by atoms with Crippen molar-refractivity contribution in [2.45, 2.75) is 5.75 Å². The van der Waals surface area contributed by atoms with Crippen molar-refractivity contribution < 1.29 is 13.0 Å². The van der Waals surface area contributed by atoms with Crippen molar-refractivity contribution in [3.8, 4) is 0 Å². The molecule has 4 nitrogen and oxygen atoms in total. The van der Waals surface area contributed by atoms with Crippen molar-refractivity contribution >= 4 is 31.7 Å². The van der Waals surface area contributed by atoms with Gasteiger partial charge in [-0.1, -0.05) is 22.0 Å². The molecule has 0 amide bonds. The fraction of sp³-hybridized carbons (Fsp3) is 0.143. The minimum Gasteiger partial charge on any atom is -0.398 e. The summed E-state index contributed by atoms with van der Waals surface area (Å²) in [4.78, 5) is 0. The first-order valence-electron chi connectivity index (χ1n) is 3.37. The third-order valence-corrected chi connectivity index (χ3v) is 2.61. The number of hydrogen-bond acceptors (Lipinski definition) is 3. The van der Waals surface area contributed by atoms with Crippen molar-refractivity contribution in [1.29, 1.82) is 0 Å². The molecule has 1 rings (SSSR count). The molecule has 0 saturated carbocycles. The lowest BCUT2D eigenvalue weighted by atomic mass is 10.2. The molecule has 6 heteroatoms. The van der Waals surface area contributed by atoms with Crippen LogP contribution in [0.15, 0.2) is 22.7 Å². The summed E-state index contributed by atoms with van der Waals surface area (Å²) in [5.41, 5.74) is 6.26. The average Bonchev–Trinajstić information content (AvgIpc) is 1.93. The van der Waals surface area contributed by atoms with Gasteiger partial charge in [0, 0.05) is 10.2 Å². The third kappa shape index (κ3) is 3.33. The van der Waals surface area contributed by atoms with Crippen molar-refractivity contribution in [2.24, 2.45) is 0 Å². The Morgan fingerprint density at radius 1 is 1.46 bits per heavy atom. The Morgan fingerprint density at radius 2 is 2.08 bits per heavy atom. The molecule has 0 aromatic heterocycles. The van der Waals surface area contributed by atoms with E-state index < -0.39 is 15.9 Å². The number of rotatable bonds is 2. The Kier molecular flexibility index (Phi) is 2.94. The number of anilines is 1. The SMILES string of the molecule is Nc1cc(Br)ccc1CS(=O)(=O)O. The summed E-state index contributed by atoms with van der Waals surface area (Å²) < 4.78 is 30.4. The molecule has 0 saturated heterocycles. The monoisotopic (exact) mass is 265 g/mol. The molecule has 0 spiro atoms. The second kappa shape index (κ2) is 3.65. The molecule has 0 fully saturated rings. The highest BCUT2D eigenvalue weighted by Gasteiger charge is 2.09. The van der Waals surface area contributed by atoms with Crippen LogP contribution in [-0.4, -0.2) is 13.0 Å². The molecule has 13 heavy (non-hydrogen) atoms. The lowest BCUT2D eigenvalue weighted by Crippen LogP contribution is -2.04. The summed E-state index contributed by atoms with van der Waals surface area (Å²) in [7, 11) is -4.01. The molecule has 0 radical (unpaired) electrons. The van der Waals surface area contributed by atoms with Gasteiger partial charge in [0.2, 0.25) is 0 Å². The van der Waals surface area contributed by atoms with Crippen LogP contribution in [0.25, 0.3) is 0 Å². The van der Waals surface area contributed by atoms with Crippen LogP contribution < -0.4 is 5.73 Å². The molecular weight excluding hydrogens is 258 g/mol. The number of halogens is 1. The predicted molar refractivity (Wildman–Crippen MR) is 53.8 cm³/mol. The summed E-state index contributed by atoms with van der Waals surface area (Å²) in [5.74, 6) is -0.452. The molecule has 0 heterocycles. The maximum absolute atomic E-state index is 10.5. The van der Waals surface area contributed by atoms with Gasteiger partial charge in [-0.05, 0) is 17.7 Å². The molecule has 72 valence electrons. The fourth-order valence-corrected chi connectivity index (χ4v) is 1.93. The topological polar surface area (TPSA) is 80.4 Å². The van der Waals surface area contributed by atoms with Gasteiger partial charge < -0.3 is 5.73 Å². The van der Waals surface area contributed by atoms with Crippen molar-refractivity contribution in [1.82, 2.24) is 0 Å². The van der Waals surface area contributed by atoms with Gasteiger partial charge in [-0.3, -0.25) is 4.55 Å². The predicted octanol–water partition coefficient (Wildman–Crippen LogP) is 1.42. The van der Waals surface area contributed by atoms with E-state index in [2.05, 4.69) is 15.9 Å². The smallest absolute Gasteiger partial charge is 0.269 e. The Labute approximate surface area is 84.6 Å². The minimum atomic E-state index is -4.01. The lowest BCUT2D eigenvalue weighted by Gasteiger charge is -2.03. The maximum Gasteiger partial charge on any atom is 0.269 e. The number of nitrogen functional groups attached to an aromatic ring is 1. The highest BCUT2D eigenvalue weighted by atomic mass is 79.9. The lowest BCUT2D eigenvalue weighted by molar-refractivity contribution is 0.482. The molecule has 3 N–H and O–H groups in total. The maximum atomic E-state index is 10.5. The molecule has 1 aromatic carbocycles. The van der Waals surface area contributed by atoms with E-state index in [4.69, 9.17) is 10.3 Å². The fourth-order valence-electron chi connectivity index (χ4n) is 0.894. The van der Waals surface area contributed by atoms with Crippen LogP contribution >= 0.6 is 15.9 Å². The summed E-state index contributed by atoms with van der Waals surface area (Å²) in [6, 6.07) is 4.80. The molecule has 0 unspecified atom stereocenters. The molecule has 0 aliphatic rings. The second-order valence-corrected chi connectivity index (χ2v) is 4.94. The van der Waals surface area contributed by atoms with Crippen LogP contribution in [0.3, 0.4) is 0 Å². The zero-order chi connectivity index (χ0) is 10.1. The normalized spacial score (nSPS) is 11.5. The number of nitrogens with two attached hydrogens (primary N) is 1. The first kappa shape index (κ1) is 10.5. The van der Waals surface area contributed by atoms with Gasteiger partial charge >= 0.3 is 0 Å². The molecular formula is C7H8BrNO3S. The van der Waals surface area contributed by atoms with Gasteiger partial charge in [-0.15, -0.1) is 0 Å². The second-order valence-electron chi connectivity index (χ2n) is 2.57. The minimum absolute atomic E-state index is 0.340. The van der Waals surface area contributed by atoms with E-state index in [-0.39, 0.29) is 0 Å². The van der Waals surface area contributed by atoms with Crippen LogP contribution in [0.1, 0.15) is 5.56 Å². The first-order chi connectivity index (χ1) is 5.88. The zero-order valence-corrected chi connectivity index (χ0v) is 8.97. The van der Waals surface area contributed by atoms with Crippen LogP contribution in [0.4, 0.5) is 5.69 Å². The van der Waals surface area contributed by atoms with Gasteiger partial charge in [0.1, 0.15) is 5.75 Å². The molecule has 0 aliphatic carbocycles. The quantitative estimate of drug-likeness (QED) is 0.626. The van der Waals surface area contributed by atoms with Crippen molar-refractivity contribution in [3.63, 3.8) is 0 Å². The van der Waals surface area contributed by atoms with Gasteiger partial charge in [0.15, 0.2) is 0 Å². The highest BCUT2D eigenvalue weighted by Crippen LogP contribution is 2.19. The molecule has 0 atom stereocenters. The summed E-state index contributed by atoms with van der Waals surface area (Å²) >= 11 is 3.18. The standard InChI is InChI=1S/C7H8BrNO3S/c8-6-2-1-5(7(9)3-6)4-13(10,11)12/h1-3H,4,9H2,(H,10,11,12). The van der Waals surface area contributed by atoms with E-state index in [9.17, 15) is 8.42 Å². The van der Waals surface area contributed by atoms with E-state index in [1.807, 2.05) is 0 Å². The van der Waals surface area contributed by atoms with E-state index in [0.29, 0.717) is 11.3 Å². The summed E-state index contributed by atoms with van der Waals surface area (Å²) in [6.07, 6.45) is 0. The molecule has 0 aliphatic heterocycles. The number of hydrogen-bond donors (Lipinski definition) is 2. The van der Waals surface area contributed by atoms with Gasteiger partial charge in [-0.2, -0.15) is 8.42 Å². The van der Waals surface area contributed by atoms with Crippen LogP contribution in [-0.2, 0) is 15.9 Å². The van der Waals surface area contributed by atoms with Crippen molar-refractivity contribution in [2.75, 3.05) is 5.73 Å². The first-order valence-corrected chi connectivity index (χ1v) is 5.78. The third-order valence-electron chi connectivity index (χ3n) is 1.45. The number of benzene rings is 1. The molecule has 1 aromatic rings. The van der Waals surface area contributed by atoms with Crippen LogP contribution in [0.5, 0.6) is 0 Å². The summed E-state index contributed by atoms with van der Waals surface area (Å²) in [6.45, 7) is 0. The van der Waals surface area contributed by atoms with E-state index >= 15 is 0 Å². The highest BCUT2D eigenvalue weighted by molar-refractivity contribution is 9.10. The Hall–Kier alpha value is -0.590. The molecule has 0 bridgehead atoms. The van der Waals surface area contributed by atoms with E-state index in [1.165, 1.54) is 0 Å². The van der Waals surface area contributed by atoms with Crippen LogP contribution in [0.2, 0.25) is 0 Å². The van der Waals surface area contributed by atoms with Gasteiger partial charge in [-0.25, -0.2) is 0 Å². The van der Waals surface area contributed by atoms with Gasteiger partial charge in [0.05, 0.1) is 0 Å². The average molecular weight is 266 g/mol. The van der Waals surface area contributed by atoms with Crippen molar-refractivity contribution in [3.05, 3.63) is 28.2 Å². The zero-order valence-electron chi connectivity index (χ0n) is 6.57. The van der Waals surface area contributed by atoms with Crippen LogP contribution in [0, 0.1) is 0 Å². The van der Waals surface area contributed by atoms with E-state index in [0.717, 1.165) is 4.47 Å². The Balaban J connectivity index is 3.04. The summed E-state index contributed by atoms with van der Waals surface area (Å²) in [5, 5.41) is 0. The largest absolute Gasteiger partial charge is 0.398 e. The van der Waals surface area contributed by atoms with Gasteiger partial charge in [0.25, 0.3) is 10.1 Å².